The van der Waals surface area contributed by atoms with E-state index in [1.165, 1.54) is 12.8 Å². The second-order valence-corrected chi connectivity index (χ2v) is 5.95. The van der Waals surface area contributed by atoms with E-state index in [0.29, 0.717) is 12.1 Å². The lowest BCUT2D eigenvalue weighted by atomic mass is 9.85. The minimum atomic E-state index is -0.566. The Bertz CT molecular complexity index is 284. The molecule has 2 unspecified atom stereocenters. The van der Waals surface area contributed by atoms with Crippen LogP contribution in [0.1, 0.15) is 58.8 Å². The van der Waals surface area contributed by atoms with Crippen LogP contribution in [0.2, 0.25) is 0 Å². The van der Waals surface area contributed by atoms with Crippen molar-refractivity contribution in [1.29, 1.82) is 0 Å². The van der Waals surface area contributed by atoms with Gasteiger partial charge in [-0.05, 0) is 39.0 Å². The van der Waals surface area contributed by atoms with E-state index < -0.39 is 11.4 Å². The molecule has 0 aromatic heterocycles. The van der Waals surface area contributed by atoms with E-state index in [-0.39, 0.29) is 0 Å². The fraction of sp³-hybridized carbons (Fsp3) is 0.929. The lowest BCUT2D eigenvalue weighted by molar-refractivity contribution is -0.150. The summed E-state index contributed by atoms with van der Waals surface area (Å²) in [6.45, 7) is 5.25. The first-order valence-electron chi connectivity index (χ1n) is 7.08. The molecule has 2 atom stereocenters. The van der Waals surface area contributed by atoms with Crippen LogP contribution >= 0.6 is 0 Å². The molecule has 3 nitrogen and oxygen atoms in total. The van der Waals surface area contributed by atoms with Gasteiger partial charge in [0.05, 0.1) is 5.41 Å². The van der Waals surface area contributed by atoms with Crippen LogP contribution in [-0.4, -0.2) is 34.6 Å². The van der Waals surface area contributed by atoms with E-state index in [1.54, 1.807) is 0 Å². The Morgan fingerprint density at radius 2 is 2.00 bits per heavy atom. The van der Waals surface area contributed by atoms with Crippen LogP contribution < -0.4 is 0 Å². The highest BCUT2D eigenvalue weighted by Gasteiger charge is 2.45. The third-order valence-electron chi connectivity index (χ3n) is 4.92. The normalized spacial score (nSPS) is 33.1. The Balaban J connectivity index is 2.09. The van der Waals surface area contributed by atoms with Gasteiger partial charge in [0.1, 0.15) is 0 Å². The molecule has 1 saturated heterocycles. The van der Waals surface area contributed by atoms with Crippen molar-refractivity contribution < 1.29 is 9.90 Å². The van der Waals surface area contributed by atoms with Gasteiger partial charge in [-0.15, -0.1) is 0 Å². The molecule has 0 amide bonds. The number of hydrogen-bond acceptors (Lipinski definition) is 2. The summed E-state index contributed by atoms with van der Waals surface area (Å²) in [5.74, 6) is -0.566. The van der Waals surface area contributed by atoms with E-state index >= 15 is 0 Å². The van der Waals surface area contributed by atoms with Crippen molar-refractivity contribution in [3.05, 3.63) is 0 Å². The Morgan fingerprint density at radius 1 is 1.35 bits per heavy atom. The second kappa shape index (κ2) is 4.97. The number of carboxylic acid groups (broad SMARTS) is 1. The molecule has 0 bridgehead atoms. The Hall–Kier alpha value is -0.570. The molecule has 0 spiro atoms. The fourth-order valence-electron chi connectivity index (χ4n) is 3.69. The molecule has 17 heavy (non-hydrogen) atoms. The van der Waals surface area contributed by atoms with Crippen molar-refractivity contribution in [2.24, 2.45) is 5.41 Å². The lowest BCUT2D eigenvalue weighted by Crippen LogP contribution is -2.45. The van der Waals surface area contributed by atoms with Crippen LogP contribution in [0.15, 0.2) is 0 Å². The van der Waals surface area contributed by atoms with Crippen LogP contribution in [0.25, 0.3) is 0 Å². The SMILES string of the molecule is CCC1CCC(C)N1CC1(C(=O)O)CCCC1. The quantitative estimate of drug-likeness (QED) is 0.820. The zero-order valence-electron chi connectivity index (χ0n) is 11.1. The van der Waals surface area contributed by atoms with Gasteiger partial charge >= 0.3 is 5.97 Å². The predicted molar refractivity (Wildman–Crippen MR) is 68.0 cm³/mol. The van der Waals surface area contributed by atoms with Crippen LogP contribution in [0, 0.1) is 5.41 Å². The Morgan fingerprint density at radius 3 is 2.53 bits per heavy atom. The summed E-state index contributed by atoms with van der Waals surface area (Å²) in [6, 6.07) is 1.18. The van der Waals surface area contributed by atoms with Crippen LogP contribution in [0.5, 0.6) is 0 Å². The van der Waals surface area contributed by atoms with Crippen LogP contribution in [0.3, 0.4) is 0 Å². The van der Waals surface area contributed by atoms with Crippen molar-refractivity contribution in [3.63, 3.8) is 0 Å². The summed E-state index contributed by atoms with van der Waals surface area (Å²) in [7, 11) is 0. The minimum absolute atomic E-state index is 0.438. The number of likely N-dealkylation sites (tertiary alicyclic amines) is 1. The molecule has 3 heteroatoms. The topological polar surface area (TPSA) is 40.5 Å². The molecule has 0 aromatic carbocycles. The van der Waals surface area contributed by atoms with E-state index in [4.69, 9.17) is 0 Å². The van der Waals surface area contributed by atoms with E-state index in [2.05, 4.69) is 18.7 Å². The Labute approximate surface area is 104 Å². The van der Waals surface area contributed by atoms with E-state index in [9.17, 15) is 9.90 Å². The second-order valence-electron chi connectivity index (χ2n) is 5.95. The minimum Gasteiger partial charge on any atom is -0.481 e. The highest BCUT2D eigenvalue weighted by molar-refractivity contribution is 5.75. The maximum absolute atomic E-state index is 11.6. The first kappa shape index (κ1) is 12.9. The molecule has 2 rings (SSSR count). The van der Waals surface area contributed by atoms with Crippen LogP contribution in [0.4, 0.5) is 0 Å². The summed E-state index contributed by atoms with van der Waals surface area (Å²) in [6.07, 6.45) is 7.56. The first-order valence-corrected chi connectivity index (χ1v) is 7.08. The molecular weight excluding hydrogens is 214 g/mol. The molecule has 0 aromatic rings. The molecule has 1 N–H and O–H groups in total. The molecule has 2 aliphatic rings. The van der Waals surface area contributed by atoms with Gasteiger partial charge in [0.2, 0.25) is 0 Å². The van der Waals surface area contributed by atoms with Gasteiger partial charge in [-0.3, -0.25) is 9.69 Å². The van der Waals surface area contributed by atoms with Gasteiger partial charge in [-0.25, -0.2) is 0 Å². The molecule has 0 radical (unpaired) electrons. The maximum atomic E-state index is 11.6. The van der Waals surface area contributed by atoms with Crippen molar-refractivity contribution >= 4 is 5.97 Å². The summed E-state index contributed by atoms with van der Waals surface area (Å²) in [5, 5.41) is 9.54. The van der Waals surface area contributed by atoms with Crippen molar-refractivity contribution in [3.8, 4) is 0 Å². The summed E-state index contributed by atoms with van der Waals surface area (Å²) in [5.41, 5.74) is -0.438. The van der Waals surface area contributed by atoms with Gasteiger partial charge in [-0.1, -0.05) is 19.8 Å². The molecule has 1 heterocycles. The smallest absolute Gasteiger partial charge is 0.310 e. The highest BCUT2D eigenvalue weighted by Crippen LogP contribution is 2.41. The average molecular weight is 239 g/mol. The Kier molecular flexibility index (Phi) is 3.76. The summed E-state index contributed by atoms with van der Waals surface area (Å²) >= 11 is 0. The number of rotatable bonds is 4. The number of aliphatic carboxylic acids is 1. The monoisotopic (exact) mass is 239 g/mol. The van der Waals surface area contributed by atoms with Crippen LogP contribution in [-0.2, 0) is 4.79 Å². The lowest BCUT2D eigenvalue weighted by Gasteiger charge is -2.35. The van der Waals surface area contributed by atoms with Crippen molar-refractivity contribution in [2.45, 2.75) is 70.9 Å². The third kappa shape index (κ3) is 2.35. The summed E-state index contributed by atoms with van der Waals surface area (Å²) < 4.78 is 0. The summed E-state index contributed by atoms with van der Waals surface area (Å²) in [4.78, 5) is 14.1. The van der Waals surface area contributed by atoms with Gasteiger partial charge in [0.15, 0.2) is 0 Å². The predicted octanol–water partition coefficient (Wildman–Crippen LogP) is 2.89. The van der Waals surface area contributed by atoms with Gasteiger partial charge in [0.25, 0.3) is 0 Å². The molecule has 1 saturated carbocycles. The molecule has 1 aliphatic heterocycles. The molecule has 1 aliphatic carbocycles. The zero-order chi connectivity index (χ0) is 12.5. The van der Waals surface area contributed by atoms with Gasteiger partial charge in [0, 0.05) is 18.6 Å². The van der Waals surface area contributed by atoms with Gasteiger partial charge in [-0.2, -0.15) is 0 Å². The molecule has 98 valence electrons. The fourth-order valence-corrected chi connectivity index (χ4v) is 3.69. The average Bonchev–Trinajstić information content (AvgIpc) is 2.89. The van der Waals surface area contributed by atoms with E-state index in [0.717, 1.165) is 38.6 Å². The molecule has 2 fully saturated rings. The number of nitrogens with zero attached hydrogens (tertiary/aromatic N) is 1. The van der Waals surface area contributed by atoms with Gasteiger partial charge < -0.3 is 5.11 Å². The zero-order valence-corrected chi connectivity index (χ0v) is 11.1. The van der Waals surface area contributed by atoms with Crippen molar-refractivity contribution in [2.75, 3.05) is 6.54 Å². The molecular formula is C14H25NO2. The largest absolute Gasteiger partial charge is 0.481 e. The number of hydrogen-bond donors (Lipinski definition) is 1. The standard InChI is InChI=1S/C14H25NO2/c1-3-12-7-6-11(2)15(12)10-14(13(16)17)8-4-5-9-14/h11-12H,3-10H2,1-2H3,(H,16,17). The number of carbonyl (C=O) groups is 1. The first-order chi connectivity index (χ1) is 8.09. The van der Waals surface area contributed by atoms with Crippen molar-refractivity contribution in [1.82, 2.24) is 4.90 Å². The van der Waals surface area contributed by atoms with E-state index in [1.807, 2.05) is 0 Å². The highest BCUT2D eigenvalue weighted by atomic mass is 16.4. The third-order valence-corrected chi connectivity index (χ3v) is 4.92. The maximum Gasteiger partial charge on any atom is 0.310 e. The number of carboxylic acids is 1.